The zero-order valence-electron chi connectivity index (χ0n) is 9.88. The summed E-state index contributed by atoms with van der Waals surface area (Å²) in [6.45, 7) is 4.34. The number of nitrogens with zero attached hydrogens (tertiary/aromatic N) is 1. The lowest BCUT2D eigenvalue weighted by Crippen LogP contribution is -2.09. The Hall–Kier alpha value is -1.32. The number of aryl methyl sites for hydroxylation is 1. The summed E-state index contributed by atoms with van der Waals surface area (Å²) >= 11 is 0. The minimum atomic E-state index is -0.152. The van der Waals surface area contributed by atoms with E-state index in [0.29, 0.717) is 18.9 Å². The van der Waals surface area contributed by atoms with Crippen LogP contribution in [0.4, 0.5) is 0 Å². The van der Waals surface area contributed by atoms with Crippen molar-refractivity contribution in [2.24, 2.45) is 0 Å². The monoisotopic (exact) mass is 222 g/mol. The number of hydrogen-bond donors (Lipinski definition) is 1. The van der Waals surface area contributed by atoms with Gasteiger partial charge in [0.1, 0.15) is 0 Å². The molecule has 16 heavy (non-hydrogen) atoms. The molecule has 1 aromatic heterocycles. The molecule has 2 rings (SSSR count). The van der Waals surface area contributed by atoms with Crippen LogP contribution in [-0.4, -0.2) is 22.8 Å². The molecule has 0 atom stereocenters. The number of ether oxygens (including phenoxy) is 1. The normalized spacial score (nSPS) is 15.1. The summed E-state index contributed by atoms with van der Waals surface area (Å²) in [5, 5.41) is 7.36. The molecule has 1 N–H and O–H groups in total. The van der Waals surface area contributed by atoms with Gasteiger partial charge in [-0.3, -0.25) is 9.89 Å². The van der Waals surface area contributed by atoms with E-state index >= 15 is 0 Å². The van der Waals surface area contributed by atoms with Gasteiger partial charge in [-0.25, -0.2) is 0 Å². The molecule has 0 unspecified atom stereocenters. The van der Waals surface area contributed by atoms with Crippen LogP contribution in [-0.2, 0) is 22.4 Å². The highest BCUT2D eigenvalue weighted by molar-refractivity contribution is 5.73. The average Bonchev–Trinajstić information content (AvgIpc) is 3.02. The van der Waals surface area contributed by atoms with Gasteiger partial charge in [-0.05, 0) is 26.2 Å². The minimum Gasteiger partial charge on any atom is -0.466 e. The van der Waals surface area contributed by atoms with Gasteiger partial charge < -0.3 is 4.74 Å². The van der Waals surface area contributed by atoms with E-state index in [-0.39, 0.29) is 5.97 Å². The molecule has 0 amide bonds. The predicted octanol–water partition coefficient (Wildman–Crippen LogP) is 1.96. The predicted molar refractivity (Wildman–Crippen MR) is 60.3 cm³/mol. The fourth-order valence-corrected chi connectivity index (χ4v) is 1.96. The summed E-state index contributed by atoms with van der Waals surface area (Å²) in [6, 6.07) is 0. The Bertz CT molecular complexity index is 380. The fraction of sp³-hybridized carbons (Fsp3) is 0.667. The second kappa shape index (κ2) is 4.68. The lowest BCUT2D eigenvalue weighted by Gasteiger charge is -2.04. The van der Waals surface area contributed by atoms with Gasteiger partial charge in [0.25, 0.3) is 0 Å². The van der Waals surface area contributed by atoms with Crippen molar-refractivity contribution in [3.63, 3.8) is 0 Å². The molecule has 0 radical (unpaired) electrons. The van der Waals surface area contributed by atoms with Crippen molar-refractivity contribution < 1.29 is 9.53 Å². The Balaban J connectivity index is 2.15. The van der Waals surface area contributed by atoms with Gasteiger partial charge in [0, 0.05) is 17.2 Å². The van der Waals surface area contributed by atoms with Crippen molar-refractivity contribution in [2.45, 2.75) is 45.4 Å². The molecule has 0 spiro atoms. The van der Waals surface area contributed by atoms with Gasteiger partial charge in [-0.1, -0.05) is 6.92 Å². The van der Waals surface area contributed by atoms with E-state index in [4.69, 9.17) is 4.74 Å². The number of nitrogens with one attached hydrogen (secondary N) is 1. The molecule has 1 aliphatic carbocycles. The maximum atomic E-state index is 11.5. The van der Waals surface area contributed by atoms with Gasteiger partial charge in [0.05, 0.1) is 18.7 Å². The van der Waals surface area contributed by atoms with E-state index in [1.54, 1.807) is 0 Å². The minimum absolute atomic E-state index is 0.152. The molecule has 88 valence electrons. The van der Waals surface area contributed by atoms with Crippen molar-refractivity contribution in [1.82, 2.24) is 10.2 Å². The standard InChI is InChI=1S/C12H18N2O2/c1-3-10-9(7-11(15)16-4-2)12(14-13-10)8-5-6-8/h8H,3-7H2,1-2H3,(H,13,14). The van der Waals surface area contributed by atoms with Gasteiger partial charge >= 0.3 is 5.97 Å². The number of rotatable bonds is 5. The molecule has 0 aliphatic heterocycles. The van der Waals surface area contributed by atoms with E-state index in [9.17, 15) is 4.79 Å². The summed E-state index contributed by atoms with van der Waals surface area (Å²) in [4.78, 5) is 11.5. The molecule has 1 saturated carbocycles. The maximum Gasteiger partial charge on any atom is 0.310 e. The lowest BCUT2D eigenvalue weighted by molar-refractivity contribution is -0.142. The van der Waals surface area contributed by atoms with E-state index in [2.05, 4.69) is 17.1 Å². The van der Waals surface area contributed by atoms with Crippen molar-refractivity contribution >= 4 is 5.97 Å². The van der Waals surface area contributed by atoms with Crippen LogP contribution in [0.2, 0.25) is 0 Å². The lowest BCUT2D eigenvalue weighted by atomic mass is 10.1. The number of carbonyl (C=O) groups excluding carboxylic acids is 1. The average molecular weight is 222 g/mol. The highest BCUT2D eigenvalue weighted by atomic mass is 16.5. The topological polar surface area (TPSA) is 55.0 Å². The van der Waals surface area contributed by atoms with Crippen LogP contribution in [0.25, 0.3) is 0 Å². The summed E-state index contributed by atoms with van der Waals surface area (Å²) in [5.41, 5.74) is 3.24. The van der Waals surface area contributed by atoms with E-state index in [1.807, 2.05) is 6.92 Å². The number of aromatic nitrogens is 2. The number of hydrogen-bond acceptors (Lipinski definition) is 3. The third-order valence-electron chi connectivity index (χ3n) is 2.93. The van der Waals surface area contributed by atoms with Crippen LogP contribution in [0.3, 0.4) is 0 Å². The summed E-state index contributed by atoms with van der Waals surface area (Å²) in [6.07, 6.45) is 3.64. The van der Waals surface area contributed by atoms with Crippen LogP contribution in [0.5, 0.6) is 0 Å². The van der Waals surface area contributed by atoms with E-state index in [1.165, 1.54) is 12.8 Å². The summed E-state index contributed by atoms with van der Waals surface area (Å²) < 4.78 is 4.99. The van der Waals surface area contributed by atoms with Gasteiger partial charge in [-0.2, -0.15) is 5.10 Å². The summed E-state index contributed by atoms with van der Waals surface area (Å²) in [5.74, 6) is 0.418. The first-order chi connectivity index (χ1) is 7.76. The molecule has 0 aromatic carbocycles. The molecule has 0 saturated heterocycles. The van der Waals surface area contributed by atoms with Gasteiger partial charge in [-0.15, -0.1) is 0 Å². The van der Waals surface area contributed by atoms with Crippen molar-refractivity contribution in [2.75, 3.05) is 6.61 Å². The molecule has 4 heteroatoms. The van der Waals surface area contributed by atoms with Crippen molar-refractivity contribution in [3.05, 3.63) is 17.0 Å². The van der Waals surface area contributed by atoms with Crippen LogP contribution in [0, 0.1) is 0 Å². The Morgan fingerprint density at radius 2 is 2.25 bits per heavy atom. The van der Waals surface area contributed by atoms with Crippen LogP contribution < -0.4 is 0 Å². The molecule has 1 heterocycles. The smallest absolute Gasteiger partial charge is 0.310 e. The van der Waals surface area contributed by atoms with Crippen LogP contribution >= 0.6 is 0 Å². The zero-order valence-corrected chi connectivity index (χ0v) is 9.88. The first kappa shape index (κ1) is 11.2. The Labute approximate surface area is 95.4 Å². The highest BCUT2D eigenvalue weighted by Gasteiger charge is 2.30. The number of H-pyrrole nitrogens is 1. The largest absolute Gasteiger partial charge is 0.466 e. The third kappa shape index (κ3) is 2.26. The molecular formula is C12H18N2O2. The molecule has 1 fully saturated rings. The molecule has 0 bridgehead atoms. The summed E-state index contributed by atoms with van der Waals surface area (Å²) in [7, 11) is 0. The Morgan fingerprint density at radius 3 is 2.81 bits per heavy atom. The molecule has 4 nitrogen and oxygen atoms in total. The van der Waals surface area contributed by atoms with Crippen molar-refractivity contribution in [1.29, 1.82) is 0 Å². The fourth-order valence-electron chi connectivity index (χ4n) is 1.96. The zero-order chi connectivity index (χ0) is 11.5. The SMILES string of the molecule is CCOC(=O)Cc1c(C2CC2)n[nH]c1CC. The quantitative estimate of drug-likeness (QED) is 0.775. The van der Waals surface area contributed by atoms with Crippen LogP contribution in [0.15, 0.2) is 0 Å². The third-order valence-corrected chi connectivity index (χ3v) is 2.93. The second-order valence-corrected chi connectivity index (χ2v) is 4.18. The Kier molecular flexibility index (Phi) is 3.27. The number of aromatic amines is 1. The number of esters is 1. The van der Waals surface area contributed by atoms with E-state index in [0.717, 1.165) is 23.4 Å². The Morgan fingerprint density at radius 1 is 1.50 bits per heavy atom. The second-order valence-electron chi connectivity index (χ2n) is 4.18. The van der Waals surface area contributed by atoms with Crippen molar-refractivity contribution in [3.8, 4) is 0 Å². The first-order valence-corrected chi connectivity index (χ1v) is 5.97. The number of carbonyl (C=O) groups is 1. The van der Waals surface area contributed by atoms with Crippen LogP contribution in [0.1, 0.15) is 49.6 Å². The molecular weight excluding hydrogens is 204 g/mol. The van der Waals surface area contributed by atoms with Gasteiger partial charge in [0.15, 0.2) is 0 Å². The van der Waals surface area contributed by atoms with E-state index < -0.39 is 0 Å². The first-order valence-electron chi connectivity index (χ1n) is 5.97. The molecule has 1 aliphatic rings. The van der Waals surface area contributed by atoms with Gasteiger partial charge in [0.2, 0.25) is 0 Å². The molecule has 1 aromatic rings. The maximum absolute atomic E-state index is 11.5. The highest BCUT2D eigenvalue weighted by Crippen LogP contribution is 2.41.